The van der Waals surface area contributed by atoms with Crippen LogP contribution in [-0.4, -0.2) is 27.4 Å². The van der Waals surface area contributed by atoms with Crippen molar-refractivity contribution in [1.82, 2.24) is 15.0 Å². The van der Waals surface area contributed by atoms with Crippen molar-refractivity contribution < 1.29 is 4.79 Å². The molecule has 0 unspecified atom stereocenters. The Morgan fingerprint density at radius 1 is 0.667 bits per heavy atom. The molecule has 1 heterocycles. The van der Waals surface area contributed by atoms with E-state index in [1.807, 2.05) is 48.5 Å². The Bertz CT molecular complexity index is 1230. The van der Waals surface area contributed by atoms with Gasteiger partial charge in [0.25, 0.3) is 0 Å². The van der Waals surface area contributed by atoms with Crippen LogP contribution in [0.5, 0.6) is 0 Å². The molecular weight excluding hydrogens is 518 g/mol. The summed E-state index contributed by atoms with van der Waals surface area (Å²) in [5.74, 6) is 0.777. The van der Waals surface area contributed by atoms with E-state index in [2.05, 4.69) is 90.3 Å². The number of amides is 1. The van der Waals surface area contributed by atoms with Crippen molar-refractivity contribution >= 4 is 56.7 Å². The Labute approximate surface area is 219 Å². The Morgan fingerprint density at radius 3 is 1.58 bits per heavy atom. The lowest BCUT2D eigenvalue weighted by Gasteiger charge is -2.12. The summed E-state index contributed by atoms with van der Waals surface area (Å²) in [4.78, 5) is 25.9. The van der Waals surface area contributed by atoms with Gasteiger partial charge in [0.05, 0.1) is 6.54 Å². The molecule has 8 nitrogen and oxygen atoms in total. The first kappa shape index (κ1) is 25.1. The summed E-state index contributed by atoms with van der Waals surface area (Å²) < 4.78 is 0.942. The molecule has 1 aromatic heterocycles. The van der Waals surface area contributed by atoms with Crippen LogP contribution in [0.25, 0.3) is 0 Å². The zero-order chi connectivity index (χ0) is 25.3. The molecule has 184 valence electrons. The number of aromatic nitrogens is 3. The van der Waals surface area contributed by atoms with Gasteiger partial charge < -0.3 is 21.3 Å². The van der Waals surface area contributed by atoms with Gasteiger partial charge in [-0.05, 0) is 72.5 Å². The van der Waals surface area contributed by atoms with Crippen molar-refractivity contribution in [3.63, 3.8) is 0 Å². The van der Waals surface area contributed by atoms with E-state index >= 15 is 0 Å². The molecule has 0 atom stereocenters. The van der Waals surface area contributed by atoms with Gasteiger partial charge >= 0.3 is 0 Å². The van der Waals surface area contributed by atoms with Crippen molar-refractivity contribution in [1.29, 1.82) is 0 Å². The first-order valence-electron chi connectivity index (χ1n) is 11.8. The standard InChI is InChI=1S/C27H28BrN7O/c1-3-18-5-11-22(12-6-18)31-26-33-25(29-17-24(36)30-21-15-9-20(28)10-16-21)34-27(35-26)32-23-13-7-19(4-2)8-14-23/h5-16H,3-4,17H2,1-2H3,(H,30,36)(H3,29,31,32,33,34,35). The molecule has 0 spiro atoms. The van der Waals surface area contributed by atoms with Gasteiger partial charge in [0, 0.05) is 21.5 Å². The van der Waals surface area contributed by atoms with Crippen LogP contribution in [0.1, 0.15) is 25.0 Å². The minimum atomic E-state index is -0.216. The molecule has 1 amide bonds. The molecule has 0 fully saturated rings. The second-order valence-corrected chi connectivity index (χ2v) is 8.98. The van der Waals surface area contributed by atoms with Gasteiger partial charge in [-0.3, -0.25) is 4.79 Å². The Morgan fingerprint density at radius 2 is 1.11 bits per heavy atom. The van der Waals surface area contributed by atoms with Crippen LogP contribution < -0.4 is 21.3 Å². The van der Waals surface area contributed by atoms with E-state index in [0.717, 1.165) is 28.7 Å². The lowest BCUT2D eigenvalue weighted by Crippen LogP contribution is -2.23. The number of hydrogen-bond acceptors (Lipinski definition) is 7. The molecule has 0 bridgehead atoms. The van der Waals surface area contributed by atoms with Crippen molar-refractivity contribution in [2.45, 2.75) is 26.7 Å². The number of aryl methyl sites for hydroxylation is 2. The minimum Gasteiger partial charge on any atom is -0.345 e. The van der Waals surface area contributed by atoms with E-state index in [9.17, 15) is 4.79 Å². The second-order valence-electron chi connectivity index (χ2n) is 8.07. The minimum absolute atomic E-state index is 0.00461. The average Bonchev–Trinajstić information content (AvgIpc) is 2.90. The molecule has 0 radical (unpaired) electrons. The molecule has 0 aliphatic rings. The highest BCUT2D eigenvalue weighted by Crippen LogP contribution is 2.20. The predicted molar refractivity (Wildman–Crippen MR) is 149 cm³/mol. The van der Waals surface area contributed by atoms with E-state index < -0.39 is 0 Å². The monoisotopic (exact) mass is 545 g/mol. The third-order valence-corrected chi connectivity index (χ3v) is 5.94. The predicted octanol–water partition coefficient (Wildman–Crippen LogP) is 6.30. The van der Waals surface area contributed by atoms with Crippen molar-refractivity contribution in [2.75, 3.05) is 27.8 Å². The number of carbonyl (C=O) groups is 1. The SMILES string of the molecule is CCc1ccc(Nc2nc(NCC(=O)Nc3ccc(Br)cc3)nc(Nc3ccc(CC)cc3)n2)cc1. The van der Waals surface area contributed by atoms with Crippen molar-refractivity contribution in [3.8, 4) is 0 Å². The summed E-state index contributed by atoms with van der Waals surface area (Å²) in [6, 6.07) is 23.5. The third kappa shape index (κ3) is 7.26. The number of benzene rings is 3. The highest BCUT2D eigenvalue weighted by Gasteiger charge is 2.10. The van der Waals surface area contributed by atoms with E-state index in [4.69, 9.17) is 0 Å². The van der Waals surface area contributed by atoms with E-state index in [1.54, 1.807) is 0 Å². The first-order chi connectivity index (χ1) is 17.5. The van der Waals surface area contributed by atoms with Gasteiger partial charge in [-0.25, -0.2) is 0 Å². The maximum atomic E-state index is 12.5. The Balaban J connectivity index is 1.50. The van der Waals surface area contributed by atoms with Gasteiger partial charge in [0.1, 0.15) is 0 Å². The summed E-state index contributed by atoms with van der Waals surface area (Å²) in [5, 5.41) is 12.3. The number of nitrogens with one attached hydrogen (secondary N) is 4. The average molecular weight is 546 g/mol. The molecule has 36 heavy (non-hydrogen) atoms. The lowest BCUT2D eigenvalue weighted by atomic mass is 10.1. The normalized spacial score (nSPS) is 10.5. The maximum Gasteiger partial charge on any atom is 0.243 e. The lowest BCUT2D eigenvalue weighted by molar-refractivity contribution is -0.114. The number of halogens is 1. The van der Waals surface area contributed by atoms with Gasteiger partial charge in [-0.1, -0.05) is 54.0 Å². The summed E-state index contributed by atoms with van der Waals surface area (Å²) >= 11 is 3.39. The van der Waals surface area contributed by atoms with E-state index in [-0.39, 0.29) is 18.4 Å². The van der Waals surface area contributed by atoms with Crippen LogP contribution in [0, 0.1) is 0 Å². The van der Waals surface area contributed by atoms with E-state index in [1.165, 1.54) is 11.1 Å². The molecule has 4 rings (SSSR count). The largest absolute Gasteiger partial charge is 0.345 e. The van der Waals surface area contributed by atoms with Gasteiger partial charge in [0.2, 0.25) is 23.8 Å². The number of anilines is 6. The van der Waals surface area contributed by atoms with Crippen LogP contribution in [0.3, 0.4) is 0 Å². The molecule has 4 N–H and O–H groups in total. The molecule has 0 aliphatic heterocycles. The molecule has 3 aromatic carbocycles. The zero-order valence-corrected chi connectivity index (χ0v) is 21.8. The highest BCUT2D eigenvalue weighted by atomic mass is 79.9. The smallest absolute Gasteiger partial charge is 0.243 e. The molecule has 4 aromatic rings. The zero-order valence-electron chi connectivity index (χ0n) is 20.2. The summed E-state index contributed by atoms with van der Waals surface area (Å²) in [6.45, 7) is 4.23. The first-order valence-corrected chi connectivity index (χ1v) is 12.6. The number of rotatable bonds is 10. The molecule has 0 saturated carbocycles. The van der Waals surface area contributed by atoms with Crippen LogP contribution in [-0.2, 0) is 17.6 Å². The van der Waals surface area contributed by atoms with Crippen LogP contribution in [0.2, 0.25) is 0 Å². The number of carbonyl (C=O) groups excluding carboxylic acids is 1. The third-order valence-electron chi connectivity index (χ3n) is 5.41. The summed E-state index contributed by atoms with van der Waals surface area (Å²) in [7, 11) is 0. The van der Waals surface area contributed by atoms with Gasteiger partial charge in [-0.2, -0.15) is 15.0 Å². The van der Waals surface area contributed by atoms with Gasteiger partial charge in [0.15, 0.2) is 0 Å². The highest BCUT2D eigenvalue weighted by molar-refractivity contribution is 9.10. The topological polar surface area (TPSA) is 104 Å². The summed E-state index contributed by atoms with van der Waals surface area (Å²) in [6.07, 6.45) is 1.93. The van der Waals surface area contributed by atoms with Crippen LogP contribution in [0.4, 0.5) is 34.9 Å². The van der Waals surface area contributed by atoms with E-state index in [0.29, 0.717) is 17.6 Å². The quantitative estimate of drug-likeness (QED) is 0.185. The molecule has 0 aliphatic carbocycles. The molecule has 0 saturated heterocycles. The van der Waals surface area contributed by atoms with Crippen LogP contribution in [0.15, 0.2) is 77.3 Å². The maximum absolute atomic E-state index is 12.5. The van der Waals surface area contributed by atoms with Gasteiger partial charge in [-0.15, -0.1) is 0 Å². The number of nitrogens with zero attached hydrogens (tertiary/aromatic N) is 3. The second kappa shape index (κ2) is 12.1. The van der Waals surface area contributed by atoms with Crippen LogP contribution >= 0.6 is 15.9 Å². The Kier molecular flexibility index (Phi) is 8.46. The fourth-order valence-electron chi connectivity index (χ4n) is 3.37. The van der Waals surface area contributed by atoms with Crippen molar-refractivity contribution in [3.05, 3.63) is 88.4 Å². The number of hydrogen-bond donors (Lipinski definition) is 4. The van der Waals surface area contributed by atoms with Crippen molar-refractivity contribution in [2.24, 2.45) is 0 Å². The molecular formula is C27H28BrN7O. The summed E-state index contributed by atoms with van der Waals surface area (Å²) in [5.41, 5.74) is 4.91. The Hall–Kier alpha value is -3.98. The molecule has 9 heteroatoms. The fraction of sp³-hybridized carbons (Fsp3) is 0.185. The fourth-order valence-corrected chi connectivity index (χ4v) is 3.63.